The van der Waals surface area contributed by atoms with Gasteiger partial charge < -0.3 is 34.3 Å². The van der Waals surface area contributed by atoms with Gasteiger partial charge in [-0.2, -0.15) is 4.98 Å². The summed E-state index contributed by atoms with van der Waals surface area (Å²) in [5, 5.41) is 12.6. The summed E-state index contributed by atoms with van der Waals surface area (Å²) in [7, 11) is -2.11. The summed E-state index contributed by atoms with van der Waals surface area (Å²) in [5.41, 5.74) is 5.38. The quantitative estimate of drug-likeness (QED) is 0.140. The van der Waals surface area contributed by atoms with Gasteiger partial charge in [-0.1, -0.05) is 34.6 Å². The number of aliphatic hydroxyl groups excluding tert-OH is 1. The number of nitrogens with zero attached hydrogens (tertiary/aromatic N) is 3. The van der Waals surface area contributed by atoms with E-state index in [1.165, 1.54) is 11.8 Å². The van der Waals surface area contributed by atoms with Gasteiger partial charge in [-0.3, -0.25) is 14.3 Å². The number of fused-ring (bicyclic) bond motifs is 2. The summed E-state index contributed by atoms with van der Waals surface area (Å²) in [6, 6.07) is 7.97. The molecule has 2 aromatic heterocycles. The van der Waals surface area contributed by atoms with Crippen LogP contribution >= 0.6 is 48.1 Å². The molecule has 2 saturated heterocycles. The SMILES string of the molecule is CC(COC(C)(C)CCBr)Sc1ccc(Sc2nc3c(=O)[nH]c(N)nc3n2C2OC3COP(O)OC3C2O)cc1. The first-order valence-corrected chi connectivity index (χ1v) is 16.5. The number of imidazole rings is 1. The number of nitrogens with two attached hydrogens (primary N) is 1. The maximum absolute atomic E-state index is 12.7. The lowest BCUT2D eigenvalue weighted by Gasteiger charge is -2.27. The second kappa shape index (κ2) is 12.5. The highest BCUT2D eigenvalue weighted by Gasteiger charge is 2.50. The molecule has 2 aliphatic heterocycles. The molecule has 0 saturated carbocycles. The van der Waals surface area contributed by atoms with E-state index >= 15 is 0 Å². The summed E-state index contributed by atoms with van der Waals surface area (Å²) in [5.74, 6) is -0.0892. The van der Waals surface area contributed by atoms with Crippen LogP contribution in [0, 0.1) is 0 Å². The van der Waals surface area contributed by atoms with Crippen LogP contribution < -0.4 is 11.3 Å². The van der Waals surface area contributed by atoms with Crippen molar-refractivity contribution in [1.29, 1.82) is 0 Å². The standard InChI is InChI=1S/C24H31BrN5O7PS2/c1-12(10-34-24(2,3)8-9-25)39-13-4-6-14(7-5-13)40-23-27-16-19(28-22(26)29-20(16)32)30(23)21-17(31)18-15(36-21)11-35-38(33)37-18/h4-7,12,15,17-18,21,31,33H,8-11H2,1-3H3,(H3,26,28,29,32). The minimum atomic E-state index is -2.11. The predicted octanol–water partition coefficient (Wildman–Crippen LogP) is 3.81. The summed E-state index contributed by atoms with van der Waals surface area (Å²) < 4.78 is 24.3. The van der Waals surface area contributed by atoms with Crippen LogP contribution in [0.2, 0.25) is 0 Å². The second-order valence-corrected chi connectivity index (χ2v) is 14.3. The number of ether oxygens (including phenoxy) is 2. The lowest BCUT2D eigenvalue weighted by Crippen LogP contribution is -2.38. The molecular formula is C24H31BrN5O7PS2. The Morgan fingerprint density at radius 2 is 2.05 bits per heavy atom. The van der Waals surface area contributed by atoms with Crippen LogP contribution in [0.1, 0.15) is 33.4 Å². The molecule has 6 atom stereocenters. The van der Waals surface area contributed by atoms with Gasteiger partial charge in [0.1, 0.15) is 18.3 Å². The van der Waals surface area contributed by atoms with Crippen LogP contribution in [0.5, 0.6) is 0 Å². The number of aliphatic hydroxyl groups is 1. The van der Waals surface area contributed by atoms with Crippen LogP contribution in [0.4, 0.5) is 5.95 Å². The van der Waals surface area contributed by atoms with E-state index in [0.717, 1.165) is 21.5 Å². The average molecular weight is 677 g/mol. The molecule has 12 nitrogen and oxygen atoms in total. The number of nitrogens with one attached hydrogen (secondary N) is 1. The molecule has 2 aliphatic rings. The zero-order valence-electron chi connectivity index (χ0n) is 22.0. The van der Waals surface area contributed by atoms with Gasteiger partial charge in [0.2, 0.25) is 5.95 Å². The zero-order chi connectivity index (χ0) is 28.6. The number of alkyl halides is 1. The third-order valence-corrected chi connectivity index (χ3v) is 9.69. The van der Waals surface area contributed by atoms with Gasteiger partial charge in [0.15, 0.2) is 22.5 Å². The molecule has 6 unspecified atom stereocenters. The molecule has 0 aliphatic carbocycles. The van der Waals surface area contributed by atoms with Crippen LogP contribution in [0.3, 0.4) is 0 Å². The molecule has 1 aromatic carbocycles. The number of nitrogen functional groups attached to an aromatic ring is 1. The van der Waals surface area contributed by atoms with Crippen molar-refractivity contribution >= 4 is 65.2 Å². The number of hydrogen-bond donors (Lipinski definition) is 4. The van der Waals surface area contributed by atoms with Gasteiger partial charge in [0.25, 0.3) is 5.56 Å². The Hall–Kier alpha value is -1.26. The third-order valence-electron chi connectivity index (χ3n) is 6.44. The minimum absolute atomic E-state index is 0.0578. The average Bonchev–Trinajstić information content (AvgIpc) is 3.41. The lowest BCUT2D eigenvalue weighted by molar-refractivity contribution is -0.0614. The summed E-state index contributed by atoms with van der Waals surface area (Å²) in [6.07, 6.45) is -2.66. The van der Waals surface area contributed by atoms with E-state index in [4.69, 9.17) is 24.3 Å². The van der Waals surface area contributed by atoms with Gasteiger partial charge in [-0.25, -0.2) is 4.98 Å². The topological polar surface area (TPSA) is 167 Å². The number of rotatable bonds is 10. The Morgan fingerprint density at radius 3 is 2.77 bits per heavy atom. The fourth-order valence-electron chi connectivity index (χ4n) is 4.35. The Morgan fingerprint density at radius 1 is 1.32 bits per heavy atom. The van der Waals surface area contributed by atoms with E-state index in [0.29, 0.717) is 11.8 Å². The maximum Gasteiger partial charge on any atom is 0.330 e. The number of aromatic amines is 1. The number of H-pyrrole nitrogens is 1. The first kappa shape index (κ1) is 30.2. The lowest BCUT2D eigenvalue weighted by atomic mass is 10.1. The second-order valence-electron chi connectivity index (χ2n) is 10.1. The van der Waals surface area contributed by atoms with Gasteiger partial charge in [-0.15, -0.1) is 11.8 Å². The van der Waals surface area contributed by atoms with Crippen molar-refractivity contribution < 1.29 is 28.5 Å². The van der Waals surface area contributed by atoms with Crippen molar-refractivity contribution in [3.63, 3.8) is 0 Å². The molecule has 5 rings (SSSR count). The van der Waals surface area contributed by atoms with Crippen molar-refractivity contribution in [3.05, 3.63) is 34.6 Å². The molecule has 218 valence electrons. The first-order valence-electron chi connectivity index (χ1n) is 12.6. The van der Waals surface area contributed by atoms with Crippen molar-refractivity contribution in [2.24, 2.45) is 0 Å². The Bertz CT molecular complexity index is 1390. The normalized spacial score (nSPS) is 25.8. The number of halogens is 1. The Kier molecular flexibility index (Phi) is 9.47. The fraction of sp³-hybridized carbons (Fsp3) is 0.542. The van der Waals surface area contributed by atoms with Gasteiger partial charge in [0, 0.05) is 20.4 Å². The largest absolute Gasteiger partial charge is 0.386 e. The summed E-state index contributed by atoms with van der Waals surface area (Å²) >= 11 is 6.50. The van der Waals surface area contributed by atoms with Crippen LogP contribution in [0.15, 0.2) is 44.0 Å². The number of anilines is 1. The number of aromatic nitrogens is 4. The van der Waals surface area contributed by atoms with Gasteiger partial charge >= 0.3 is 8.60 Å². The smallest absolute Gasteiger partial charge is 0.330 e. The molecule has 3 aromatic rings. The summed E-state index contributed by atoms with van der Waals surface area (Å²) in [4.78, 5) is 35.7. The van der Waals surface area contributed by atoms with Crippen LogP contribution in [-0.2, 0) is 18.5 Å². The number of hydrogen-bond acceptors (Lipinski definition) is 12. The highest BCUT2D eigenvalue weighted by atomic mass is 79.9. The molecule has 0 amide bonds. The van der Waals surface area contributed by atoms with Crippen molar-refractivity contribution in [3.8, 4) is 0 Å². The molecule has 5 N–H and O–H groups in total. The molecule has 16 heteroatoms. The van der Waals surface area contributed by atoms with Gasteiger partial charge in [-0.05, 0) is 44.5 Å². The van der Waals surface area contributed by atoms with Crippen molar-refractivity contribution in [1.82, 2.24) is 19.5 Å². The molecule has 2 fully saturated rings. The maximum atomic E-state index is 12.7. The molecule has 0 bridgehead atoms. The van der Waals surface area contributed by atoms with E-state index in [9.17, 15) is 14.8 Å². The zero-order valence-corrected chi connectivity index (χ0v) is 26.1. The molecule has 0 radical (unpaired) electrons. The predicted molar refractivity (Wildman–Crippen MR) is 157 cm³/mol. The van der Waals surface area contributed by atoms with Crippen LogP contribution in [0.25, 0.3) is 11.2 Å². The molecule has 0 spiro atoms. The van der Waals surface area contributed by atoms with Crippen molar-refractivity contribution in [2.75, 3.05) is 24.3 Å². The van der Waals surface area contributed by atoms with E-state index in [1.54, 1.807) is 16.3 Å². The first-order chi connectivity index (χ1) is 19.0. The highest BCUT2D eigenvalue weighted by molar-refractivity contribution is 9.09. The fourth-order valence-corrected chi connectivity index (χ4v) is 7.91. The highest BCUT2D eigenvalue weighted by Crippen LogP contribution is 2.47. The van der Waals surface area contributed by atoms with E-state index in [-0.39, 0.29) is 34.6 Å². The van der Waals surface area contributed by atoms with Crippen molar-refractivity contribution in [2.45, 2.75) is 77.5 Å². The molecule has 4 heterocycles. The van der Waals surface area contributed by atoms with Crippen LogP contribution in [-0.4, -0.2) is 77.2 Å². The van der Waals surface area contributed by atoms with Gasteiger partial charge in [0.05, 0.1) is 18.8 Å². The van der Waals surface area contributed by atoms with E-state index in [2.05, 4.69) is 51.7 Å². The monoisotopic (exact) mass is 675 g/mol. The summed E-state index contributed by atoms with van der Waals surface area (Å²) in [6.45, 7) is 7.01. The molecular weight excluding hydrogens is 645 g/mol. The Labute approximate surface area is 248 Å². The number of benzene rings is 1. The third kappa shape index (κ3) is 6.69. The minimum Gasteiger partial charge on any atom is -0.386 e. The van der Waals surface area contributed by atoms with E-state index < -0.39 is 38.7 Å². The number of thioether (sulfide) groups is 1. The molecule has 40 heavy (non-hydrogen) atoms. The Balaban J connectivity index is 1.36. The van der Waals surface area contributed by atoms with E-state index in [1.807, 2.05) is 24.3 Å².